The summed E-state index contributed by atoms with van der Waals surface area (Å²) in [6.07, 6.45) is 1.80. The Morgan fingerprint density at radius 2 is 2.26 bits per heavy atom. The smallest absolute Gasteiger partial charge is 0.240 e. The van der Waals surface area contributed by atoms with Crippen molar-refractivity contribution in [2.75, 3.05) is 11.9 Å². The van der Waals surface area contributed by atoms with Gasteiger partial charge in [-0.15, -0.1) is 0 Å². The van der Waals surface area contributed by atoms with Gasteiger partial charge < -0.3 is 14.6 Å². The van der Waals surface area contributed by atoms with E-state index in [1.807, 2.05) is 25.1 Å². The largest absolute Gasteiger partial charge is 0.465 e. The second-order valence-electron chi connectivity index (χ2n) is 5.32. The van der Waals surface area contributed by atoms with Gasteiger partial charge >= 0.3 is 0 Å². The molecule has 2 amide bonds. The molecule has 23 heavy (non-hydrogen) atoms. The predicted octanol–water partition coefficient (Wildman–Crippen LogP) is 2.13. The number of fused-ring (bicyclic) bond motifs is 1. The van der Waals surface area contributed by atoms with Crippen LogP contribution in [0.25, 0.3) is 0 Å². The van der Waals surface area contributed by atoms with E-state index < -0.39 is 5.25 Å². The fraction of sp³-hybridized carbons (Fsp3) is 0.312. The highest BCUT2D eigenvalue weighted by Crippen LogP contribution is 2.37. The van der Waals surface area contributed by atoms with Crippen LogP contribution in [0.5, 0.6) is 0 Å². The molecule has 0 saturated heterocycles. The molecular weight excluding hydrogens is 314 g/mol. The zero-order valence-electron chi connectivity index (χ0n) is 12.9. The minimum absolute atomic E-state index is 0.0838. The van der Waals surface area contributed by atoms with Crippen molar-refractivity contribution in [2.45, 2.75) is 30.2 Å². The van der Waals surface area contributed by atoms with E-state index in [2.05, 4.69) is 10.3 Å². The highest BCUT2D eigenvalue weighted by Gasteiger charge is 2.33. The lowest BCUT2D eigenvalue weighted by atomic mass is 10.2. The number of thioether (sulfide) groups is 1. The summed E-state index contributed by atoms with van der Waals surface area (Å²) >= 11 is 1.34. The van der Waals surface area contributed by atoms with E-state index in [1.54, 1.807) is 24.2 Å². The number of amides is 2. The summed E-state index contributed by atoms with van der Waals surface area (Å²) in [6.45, 7) is 2.17. The minimum Gasteiger partial charge on any atom is -0.465 e. The van der Waals surface area contributed by atoms with E-state index in [1.165, 1.54) is 11.8 Å². The lowest BCUT2D eigenvalue weighted by Gasteiger charge is -2.29. The number of carbonyl (C=O) groups excluding carboxylic acids is 2. The van der Waals surface area contributed by atoms with Crippen molar-refractivity contribution in [2.24, 2.45) is 0 Å². The SMILES string of the molecule is Cc1ccc(CNC(=O)C[C@H]2Sc3ncccc3N(C)C2=O)o1. The Morgan fingerprint density at radius 1 is 1.43 bits per heavy atom. The van der Waals surface area contributed by atoms with Gasteiger partial charge in [0.15, 0.2) is 0 Å². The summed E-state index contributed by atoms with van der Waals surface area (Å²) in [5.41, 5.74) is 0.783. The fourth-order valence-electron chi connectivity index (χ4n) is 2.38. The number of nitrogens with zero attached hydrogens (tertiary/aromatic N) is 2. The van der Waals surface area contributed by atoms with Gasteiger partial charge in [-0.1, -0.05) is 11.8 Å². The van der Waals surface area contributed by atoms with Gasteiger partial charge in [-0.3, -0.25) is 9.59 Å². The molecule has 1 N–H and O–H groups in total. The molecule has 0 aliphatic carbocycles. The summed E-state index contributed by atoms with van der Waals surface area (Å²) < 4.78 is 5.40. The zero-order chi connectivity index (χ0) is 16.4. The number of hydrogen-bond acceptors (Lipinski definition) is 5. The molecule has 1 aliphatic rings. The molecule has 1 aliphatic heterocycles. The molecule has 2 aromatic heterocycles. The van der Waals surface area contributed by atoms with E-state index in [9.17, 15) is 9.59 Å². The molecule has 0 radical (unpaired) electrons. The number of rotatable bonds is 4. The number of carbonyl (C=O) groups is 2. The molecular formula is C16H17N3O3S. The van der Waals surface area contributed by atoms with Gasteiger partial charge in [0.2, 0.25) is 11.8 Å². The number of aromatic nitrogens is 1. The number of pyridine rings is 1. The second kappa shape index (κ2) is 6.45. The minimum atomic E-state index is -0.458. The van der Waals surface area contributed by atoms with E-state index in [4.69, 9.17) is 4.42 Å². The Kier molecular flexibility index (Phi) is 4.38. The number of furan rings is 1. The van der Waals surface area contributed by atoms with Gasteiger partial charge in [0, 0.05) is 19.7 Å². The third kappa shape index (κ3) is 3.39. The van der Waals surface area contributed by atoms with Gasteiger partial charge in [0.1, 0.15) is 16.5 Å². The van der Waals surface area contributed by atoms with Crippen molar-refractivity contribution in [1.29, 1.82) is 0 Å². The first-order valence-electron chi connectivity index (χ1n) is 7.26. The molecule has 6 nitrogen and oxygen atoms in total. The molecule has 1 atom stereocenters. The Labute approximate surface area is 138 Å². The van der Waals surface area contributed by atoms with E-state index in [0.29, 0.717) is 12.3 Å². The summed E-state index contributed by atoms with van der Waals surface area (Å²) in [7, 11) is 1.71. The summed E-state index contributed by atoms with van der Waals surface area (Å²) in [4.78, 5) is 30.3. The summed E-state index contributed by atoms with van der Waals surface area (Å²) in [5, 5.41) is 3.10. The van der Waals surface area contributed by atoms with Crippen LogP contribution >= 0.6 is 11.8 Å². The lowest BCUT2D eigenvalue weighted by Crippen LogP contribution is -2.41. The van der Waals surface area contributed by atoms with Crippen LogP contribution in [0.1, 0.15) is 17.9 Å². The predicted molar refractivity (Wildman–Crippen MR) is 87.2 cm³/mol. The molecule has 0 aromatic carbocycles. The van der Waals surface area contributed by atoms with Gasteiger partial charge in [0.05, 0.1) is 17.5 Å². The number of aryl methyl sites for hydroxylation is 1. The van der Waals surface area contributed by atoms with Crippen molar-refractivity contribution in [1.82, 2.24) is 10.3 Å². The van der Waals surface area contributed by atoms with Gasteiger partial charge in [-0.2, -0.15) is 0 Å². The Morgan fingerprint density at radius 3 is 3.00 bits per heavy atom. The van der Waals surface area contributed by atoms with Crippen molar-refractivity contribution in [3.8, 4) is 0 Å². The van der Waals surface area contributed by atoms with E-state index >= 15 is 0 Å². The van der Waals surface area contributed by atoms with Crippen LogP contribution < -0.4 is 10.2 Å². The Bertz CT molecular complexity index is 744. The molecule has 0 spiro atoms. The molecule has 0 saturated carbocycles. The quantitative estimate of drug-likeness (QED) is 0.929. The first kappa shape index (κ1) is 15.6. The molecule has 0 bridgehead atoms. The average Bonchev–Trinajstić information content (AvgIpc) is 2.96. The van der Waals surface area contributed by atoms with Crippen LogP contribution in [0.4, 0.5) is 5.69 Å². The van der Waals surface area contributed by atoms with Gasteiger partial charge in [-0.05, 0) is 31.2 Å². The first-order valence-corrected chi connectivity index (χ1v) is 8.14. The summed E-state index contributed by atoms with van der Waals surface area (Å²) in [5.74, 6) is 1.23. The highest BCUT2D eigenvalue weighted by molar-refractivity contribution is 8.00. The van der Waals surface area contributed by atoms with Crippen molar-refractivity contribution in [3.05, 3.63) is 42.0 Å². The van der Waals surface area contributed by atoms with E-state index in [-0.39, 0.29) is 18.2 Å². The van der Waals surface area contributed by atoms with Gasteiger partial charge in [-0.25, -0.2) is 4.98 Å². The van der Waals surface area contributed by atoms with Crippen LogP contribution in [-0.4, -0.2) is 29.1 Å². The maximum atomic E-state index is 12.4. The topological polar surface area (TPSA) is 75.4 Å². The normalized spacial score (nSPS) is 17.0. The third-order valence-corrected chi connectivity index (χ3v) is 4.79. The van der Waals surface area contributed by atoms with Crippen molar-refractivity contribution < 1.29 is 14.0 Å². The van der Waals surface area contributed by atoms with Crippen LogP contribution in [0.3, 0.4) is 0 Å². The molecule has 3 heterocycles. The maximum Gasteiger partial charge on any atom is 0.240 e. The molecule has 7 heteroatoms. The number of anilines is 1. The monoisotopic (exact) mass is 331 g/mol. The zero-order valence-corrected chi connectivity index (χ0v) is 13.7. The van der Waals surface area contributed by atoms with Crippen molar-refractivity contribution in [3.63, 3.8) is 0 Å². The summed E-state index contributed by atoms with van der Waals surface area (Å²) in [6, 6.07) is 7.31. The third-order valence-electron chi connectivity index (χ3n) is 3.60. The number of nitrogens with one attached hydrogen (secondary N) is 1. The molecule has 120 valence electrons. The maximum absolute atomic E-state index is 12.4. The molecule has 0 fully saturated rings. The van der Waals surface area contributed by atoms with E-state index in [0.717, 1.165) is 16.5 Å². The van der Waals surface area contributed by atoms with Crippen LogP contribution in [0, 0.1) is 6.92 Å². The second-order valence-corrected chi connectivity index (χ2v) is 6.52. The van der Waals surface area contributed by atoms with Crippen LogP contribution in [0.2, 0.25) is 0 Å². The molecule has 2 aromatic rings. The van der Waals surface area contributed by atoms with Crippen LogP contribution in [0.15, 0.2) is 39.9 Å². The van der Waals surface area contributed by atoms with Crippen molar-refractivity contribution >= 4 is 29.3 Å². The Hall–Kier alpha value is -2.28. The fourth-order valence-corrected chi connectivity index (χ4v) is 3.59. The lowest BCUT2D eigenvalue weighted by molar-refractivity contribution is -0.124. The first-order chi connectivity index (χ1) is 11.0. The van der Waals surface area contributed by atoms with Crippen LogP contribution in [-0.2, 0) is 16.1 Å². The Balaban J connectivity index is 1.61. The highest BCUT2D eigenvalue weighted by atomic mass is 32.2. The van der Waals surface area contributed by atoms with Gasteiger partial charge in [0.25, 0.3) is 0 Å². The molecule has 0 unspecified atom stereocenters. The standard InChI is InChI=1S/C16H17N3O3S/c1-10-5-6-11(22-10)9-18-14(20)8-13-16(21)19(2)12-4-3-7-17-15(12)23-13/h3-7,13H,8-9H2,1-2H3,(H,18,20)/t13-/m1/s1. The molecule has 3 rings (SSSR count). The average molecular weight is 331 g/mol. The number of hydrogen-bond donors (Lipinski definition) is 1.